The number of hydrogen-bond acceptors (Lipinski definition) is 3. The van der Waals surface area contributed by atoms with Crippen molar-refractivity contribution in [2.75, 3.05) is 33.7 Å². The van der Waals surface area contributed by atoms with Crippen LogP contribution in [0.5, 0.6) is 0 Å². The molecule has 4 rings (SSSR count). The molecule has 2 amide bonds. The second-order valence-corrected chi connectivity index (χ2v) is 9.56. The topological polar surface area (TPSA) is 64.1 Å². The molecule has 1 aromatic rings. The van der Waals surface area contributed by atoms with Crippen molar-refractivity contribution in [2.24, 2.45) is 5.92 Å². The summed E-state index contributed by atoms with van der Waals surface area (Å²) in [6, 6.07) is 6.88. The van der Waals surface area contributed by atoms with Gasteiger partial charge in [0.15, 0.2) is 0 Å². The zero-order valence-corrected chi connectivity index (χ0v) is 17.9. The van der Waals surface area contributed by atoms with E-state index in [9.17, 15) is 14.0 Å². The van der Waals surface area contributed by atoms with Crippen molar-refractivity contribution in [1.29, 1.82) is 0 Å². The predicted molar refractivity (Wildman–Crippen MR) is 112 cm³/mol. The van der Waals surface area contributed by atoms with Crippen LogP contribution in [0.3, 0.4) is 0 Å². The van der Waals surface area contributed by atoms with Gasteiger partial charge < -0.3 is 14.9 Å². The molecule has 0 unspecified atom stereocenters. The summed E-state index contributed by atoms with van der Waals surface area (Å²) in [7, 11) is 4.09. The molecule has 3 fully saturated rings. The lowest BCUT2D eigenvalue weighted by Gasteiger charge is -2.51. The van der Waals surface area contributed by atoms with Crippen molar-refractivity contribution in [3.05, 3.63) is 35.6 Å². The Balaban J connectivity index is 1.57. The lowest BCUT2D eigenvalue weighted by molar-refractivity contribution is -0.137. The summed E-state index contributed by atoms with van der Waals surface area (Å²) in [5, 5.41) is 9.07. The Kier molecular flexibility index (Phi) is 5.51. The molecule has 7 heteroatoms. The molecule has 1 N–H and O–H groups in total. The predicted octanol–water partition coefficient (Wildman–Crippen LogP) is 3.52. The van der Waals surface area contributed by atoms with Gasteiger partial charge in [-0.25, -0.2) is 9.18 Å². The van der Waals surface area contributed by atoms with E-state index < -0.39 is 5.97 Å². The number of hydrogen-bond donors (Lipinski definition) is 1. The van der Waals surface area contributed by atoms with Crippen LogP contribution in [-0.4, -0.2) is 71.1 Å². The van der Waals surface area contributed by atoms with E-state index in [1.54, 1.807) is 17.0 Å². The molecule has 30 heavy (non-hydrogen) atoms. The highest BCUT2D eigenvalue weighted by atomic mass is 19.1. The molecule has 3 aliphatic rings. The maximum absolute atomic E-state index is 14.0. The fourth-order valence-corrected chi connectivity index (χ4v) is 5.45. The van der Waals surface area contributed by atoms with Crippen molar-refractivity contribution >= 4 is 12.0 Å². The molecule has 164 valence electrons. The number of aliphatic carboxylic acids is 1. The number of urea groups is 1. The monoisotopic (exact) mass is 417 g/mol. The normalized spacial score (nSPS) is 29.3. The summed E-state index contributed by atoms with van der Waals surface area (Å²) in [5.41, 5.74) is 0.490. The number of nitrogens with zero attached hydrogens (tertiary/aromatic N) is 3. The van der Waals surface area contributed by atoms with E-state index in [1.165, 1.54) is 18.9 Å². The minimum absolute atomic E-state index is 0.00809. The fraction of sp³-hybridized carbons (Fsp3) is 0.652. The third-order valence-electron chi connectivity index (χ3n) is 7.52. The number of carbonyl (C=O) groups is 2. The molecule has 1 spiro atoms. The summed E-state index contributed by atoms with van der Waals surface area (Å²) < 4.78 is 14.0. The van der Waals surface area contributed by atoms with Crippen LogP contribution in [0.2, 0.25) is 0 Å². The smallest absolute Gasteiger partial charge is 0.320 e. The van der Waals surface area contributed by atoms with Gasteiger partial charge in [0.25, 0.3) is 0 Å². The van der Waals surface area contributed by atoms with Gasteiger partial charge in [-0.05, 0) is 76.2 Å². The first-order valence-corrected chi connectivity index (χ1v) is 11.0. The second-order valence-electron chi connectivity index (χ2n) is 9.56. The molecule has 0 atom stereocenters. The van der Waals surface area contributed by atoms with Gasteiger partial charge in [-0.3, -0.25) is 9.69 Å². The largest absolute Gasteiger partial charge is 0.481 e. The van der Waals surface area contributed by atoms with Gasteiger partial charge in [0.1, 0.15) is 5.82 Å². The van der Waals surface area contributed by atoms with Gasteiger partial charge in [-0.15, -0.1) is 0 Å². The fourth-order valence-electron chi connectivity index (χ4n) is 5.45. The zero-order chi connectivity index (χ0) is 21.5. The van der Waals surface area contributed by atoms with E-state index in [-0.39, 0.29) is 35.9 Å². The summed E-state index contributed by atoms with van der Waals surface area (Å²) in [6.45, 7) is 1.63. The summed E-state index contributed by atoms with van der Waals surface area (Å²) in [4.78, 5) is 30.2. The average molecular weight is 418 g/mol. The molecule has 1 saturated heterocycles. The Morgan fingerprint density at radius 2 is 1.93 bits per heavy atom. The first-order valence-electron chi connectivity index (χ1n) is 11.0. The highest BCUT2D eigenvalue weighted by Gasteiger charge is 2.55. The van der Waals surface area contributed by atoms with E-state index in [0.29, 0.717) is 12.5 Å². The summed E-state index contributed by atoms with van der Waals surface area (Å²) in [6.07, 6.45) is 5.66. The highest BCUT2D eigenvalue weighted by molar-refractivity contribution is 5.79. The maximum Gasteiger partial charge on any atom is 0.320 e. The summed E-state index contributed by atoms with van der Waals surface area (Å²) >= 11 is 0. The number of benzene rings is 1. The minimum atomic E-state index is -0.876. The molecule has 1 aromatic carbocycles. The van der Waals surface area contributed by atoms with Crippen molar-refractivity contribution in [3.63, 3.8) is 0 Å². The van der Waals surface area contributed by atoms with Crippen LogP contribution in [-0.2, 0) is 10.3 Å². The Hall–Kier alpha value is -2.15. The molecule has 0 aromatic heterocycles. The number of amides is 2. The van der Waals surface area contributed by atoms with Crippen LogP contribution >= 0.6 is 0 Å². The molecule has 0 bridgehead atoms. The quantitative estimate of drug-likeness (QED) is 0.737. The third-order valence-corrected chi connectivity index (χ3v) is 7.52. The van der Waals surface area contributed by atoms with Gasteiger partial charge in [0, 0.05) is 25.2 Å². The van der Waals surface area contributed by atoms with E-state index >= 15 is 0 Å². The number of carbonyl (C=O) groups excluding carboxylic acids is 1. The SMILES string of the molecule is CN(C)C1(c2cccc(F)c2)CCC2(CC1)CN(CCC(=O)O)C(=O)N2CC1CC1. The van der Waals surface area contributed by atoms with E-state index in [4.69, 9.17) is 5.11 Å². The van der Waals surface area contributed by atoms with Crippen LogP contribution < -0.4 is 0 Å². The van der Waals surface area contributed by atoms with Crippen molar-refractivity contribution in [2.45, 2.75) is 56.0 Å². The van der Waals surface area contributed by atoms with Crippen LogP contribution in [0.25, 0.3) is 0 Å². The summed E-state index contributed by atoms with van der Waals surface area (Å²) in [5.74, 6) is -0.520. The van der Waals surface area contributed by atoms with Gasteiger partial charge >= 0.3 is 12.0 Å². The van der Waals surface area contributed by atoms with Crippen molar-refractivity contribution in [3.8, 4) is 0 Å². The maximum atomic E-state index is 14.0. The van der Waals surface area contributed by atoms with Crippen LogP contribution in [0, 0.1) is 11.7 Å². The first kappa shape index (κ1) is 21.1. The molecular weight excluding hydrogens is 385 g/mol. The average Bonchev–Trinajstić information content (AvgIpc) is 3.49. The van der Waals surface area contributed by atoms with E-state index in [1.807, 2.05) is 20.2 Å². The number of rotatable bonds is 7. The molecule has 6 nitrogen and oxygen atoms in total. The Morgan fingerprint density at radius 1 is 1.23 bits per heavy atom. The van der Waals surface area contributed by atoms with Gasteiger partial charge in [-0.1, -0.05) is 12.1 Å². The van der Waals surface area contributed by atoms with Crippen LogP contribution in [0.15, 0.2) is 24.3 Å². The third kappa shape index (κ3) is 3.80. The van der Waals surface area contributed by atoms with Gasteiger partial charge in [0.2, 0.25) is 0 Å². The first-order chi connectivity index (χ1) is 14.3. The number of carboxylic acid groups (broad SMARTS) is 1. The standard InChI is InChI=1S/C23H32FN3O3/c1-25(2)23(18-4-3-5-19(24)14-18)11-9-22(10-12-23)16-26(13-8-20(28)29)21(30)27(22)15-17-6-7-17/h3-5,14,17H,6-13,15-16H2,1-2H3,(H,28,29). The molecule has 1 aliphatic heterocycles. The molecule has 1 heterocycles. The Labute approximate surface area is 177 Å². The number of halogens is 1. The molecule has 0 radical (unpaired) electrons. The number of carboxylic acids is 1. The highest BCUT2D eigenvalue weighted by Crippen LogP contribution is 2.50. The van der Waals surface area contributed by atoms with E-state index in [0.717, 1.165) is 37.8 Å². The second kappa shape index (κ2) is 7.84. The van der Waals surface area contributed by atoms with Gasteiger partial charge in [0.05, 0.1) is 12.0 Å². The lowest BCUT2D eigenvalue weighted by atomic mass is 9.68. The lowest BCUT2D eigenvalue weighted by Crippen LogP contribution is -2.55. The molecular formula is C23H32FN3O3. The Morgan fingerprint density at radius 3 is 2.50 bits per heavy atom. The van der Waals surface area contributed by atoms with Crippen LogP contribution in [0.4, 0.5) is 9.18 Å². The van der Waals surface area contributed by atoms with E-state index in [2.05, 4.69) is 9.80 Å². The molecule has 2 aliphatic carbocycles. The molecule has 2 saturated carbocycles. The Bertz CT molecular complexity index is 816. The zero-order valence-electron chi connectivity index (χ0n) is 17.9. The minimum Gasteiger partial charge on any atom is -0.481 e. The van der Waals surface area contributed by atoms with Crippen molar-refractivity contribution < 1.29 is 19.1 Å². The van der Waals surface area contributed by atoms with Crippen LogP contribution in [0.1, 0.15) is 50.5 Å². The van der Waals surface area contributed by atoms with Crippen molar-refractivity contribution in [1.82, 2.24) is 14.7 Å². The van der Waals surface area contributed by atoms with Gasteiger partial charge in [-0.2, -0.15) is 0 Å².